The van der Waals surface area contributed by atoms with E-state index in [1.54, 1.807) is 0 Å². The molecule has 1 saturated heterocycles. The highest BCUT2D eigenvalue weighted by Gasteiger charge is 2.22. The van der Waals surface area contributed by atoms with Crippen LogP contribution in [0, 0.1) is 12.3 Å². The number of rotatable bonds is 4. The largest absolute Gasteiger partial charge is 0.312 e. The lowest BCUT2D eigenvalue weighted by molar-refractivity contribution is 0.268. The van der Waals surface area contributed by atoms with Crippen molar-refractivity contribution in [1.29, 1.82) is 0 Å². The minimum absolute atomic E-state index is 0.663. The van der Waals surface area contributed by atoms with Crippen LogP contribution in [0.5, 0.6) is 0 Å². The zero-order valence-corrected chi connectivity index (χ0v) is 8.71. The molecule has 0 aromatic carbocycles. The highest BCUT2D eigenvalue weighted by Crippen LogP contribution is 2.11. The van der Waals surface area contributed by atoms with Gasteiger partial charge in [0.15, 0.2) is 0 Å². The van der Waals surface area contributed by atoms with Crippen molar-refractivity contribution in [2.75, 3.05) is 19.6 Å². The van der Waals surface area contributed by atoms with Crippen LogP contribution >= 0.6 is 0 Å². The van der Waals surface area contributed by atoms with Gasteiger partial charge in [0.25, 0.3) is 0 Å². The van der Waals surface area contributed by atoms with Crippen LogP contribution < -0.4 is 5.32 Å². The van der Waals surface area contributed by atoms with Crippen molar-refractivity contribution in [3.05, 3.63) is 0 Å². The van der Waals surface area contributed by atoms with Gasteiger partial charge in [-0.05, 0) is 26.8 Å². The molecule has 2 heteroatoms. The minimum atomic E-state index is 0.663. The first-order chi connectivity index (χ1) is 6.24. The van der Waals surface area contributed by atoms with Gasteiger partial charge in [0.2, 0.25) is 0 Å². The molecular formula is C11H20N2. The Morgan fingerprint density at radius 1 is 1.62 bits per heavy atom. The molecule has 1 fully saturated rings. The first kappa shape index (κ1) is 10.6. The summed E-state index contributed by atoms with van der Waals surface area (Å²) in [5, 5.41) is 3.48. The van der Waals surface area contributed by atoms with Crippen molar-refractivity contribution in [2.45, 2.75) is 38.8 Å². The van der Waals surface area contributed by atoms with E-state index in [9.17, 15) is 0 Å². The molecule has 1 aliphatic heterocycles. The van der Waals surface area contributed by atoms with Gasteiger partial charge in [0, 0.05) is 31.6 Å². The maximum atomic E-state index is 5.19. The Bertz CT molecular complexity index is 181. The lowest BCUT2D eigenvalue weighted by atomic mass is 10.2. The Balaban J connectivity index is 2.15. The highest BCUT2D eigenvalue weighted by atomic mass is 15.2. The fourth-order valence-corrected chi connectivity index (χ4v) is 1.77. The Morgan fingerprint density at radius 2 is 2.38 bits per heavy atom. The highest BCUT2D eigenvalue weighted by molar-refractivity contribution is 4.87. The number of terminal acetylenes is 1. The topological polar surface area (TPSA) is 15.3 Å². The third kappa shape index (κ3) is 3.38. The SMILES string of the molecule is C#CCCNC1CCN(C(C)C)C1. The standard InChI is InChI=1S/C11H20N2/c1-4-5-7-12-11-6-8-13(9-11)10(2)3/h1,10-12H,5-9H2,2-3H3. The summed E-state index contributed by atoms with van der Waals surface area (Å²) in [5.74, 6) is 2.65. The summed E-state index contributed by atoms with van der Waals surface area (Å²) in [7, 11) is 0. The fourth-order valence-electron chi connectivity index (χ4n) is 1.77. The summed E-state index contributed by atoms with van der Waals surface area (Å²) in [4.78, 5) is 2.51. The van der Waals surface area contributed by atoms with Crippen molar-refractivity contribution >= 4 is 0 Å². The van der Waals surface area contributed by atoms with Crippen molar-refractivity contribution < 1.29 is 0 Å². The monoisotopic (exact) mass is 180 g/mol. The number of hydrogen-bond acceptors (Lipinski definition) is 2. The predicted octanol–water partition coefficient (Wildman–Crippen LogP) is 1.08. The minimum Gasteiger partial charge on any atom is -0.312 e. The fraction of sp³-hybridized carbons (Fsp3) is 0.818. The quantitative estimate of drug-likeness (QED) is 0.514. The maximum Gasteiger partial charge on any atom is 0.0212 e. The van der Waals surface area contributed by atoms with Crippen LogP contribution in [-0.4, -0.2) is 36.6 Å². The molecule has 0 saturated carbocycles. The lowest BCUT2D eigenvalue weighted by Crippen LogP contribution is -2.35. The molecule has 2 nitrogen and oxygen atoms in total. The number of nitrogens with zero attached hydrogens (tertiary/aromatic N) is 1. The molecule has 0 aliphatic carbocycles. The van der Waals surface area contributed by atoms with E-state index in [-0.39, 0.29) is 0 Å². The molecule has 1 N–H and O–H groups in total. The zero-order chi connectivity index (χ0) is 9.68. The molecule has 0 spiro atoms. The van der Waals surface area contributed by atoms with Gasteiger partial charge in [0.05, 0.1) is 0 Å². The summed E-state index contributed by atoms with van der Waals surface area (Å²) in [6.45, 7) is 7.88. The van der Waals surface area contributed by atoms with E-state index in [0.717, 1.165) is 13.0 Å². The second kappa shape index (κ2) is 5.26. The molecule has 1 unspecified atom stereocenters. The first-order valence-corrected chi connectivity index (χ1v) is 5.15. The van der Waals surface area contributed by atoms with E-state index in [2.05, 4.69) is 30.0 Å². The van der Waals surface area contributed by atoms with Crippen LogP contribution in [0.25, 0.3) is 0 Å². The van der Waals surface area contributed by atoms with Gasteiger partial charge in [-0.15, -0.1) is 12.3 Å². The molecule has 0 radical (unpaired) electrons. The second-order valence-electron chi connectivity index (χ2n) is 3.98. The van der Waals surface area contributed by atoms with Gasteiger partial charge in [0.1, 0.15) is 0 Å². The second-order valence-corrected chi connectivity index (χ2v) is 3.98. The summed E-state index contributed by atoms with van der Waals surface area (Å²) in [6, 6.07) is 1.34. The molecule has 0 aromatic rings. The van der Waals surface area contributed by atoms with E-state index in [0.29, 0.717) is 12.1 Å². The van der Waals surface area contributed by atoms with E-state index in [1.807, 2.05) is 0 Å². The van der Waals surface area contributed by atoms with Gasteiger partial charge in [-0.3, -0.25) is 4.90 Å². The Hall–Kier alpha value is -0.520. The molecule has 1 heterocycles. The molecule has 0 aromatic heterocycles. The molecule has 1 rings (SSSR count). The van der Waals surface area contributed by atoms with E-state index < -0.39 is 0 Å². The van der Waals surface area contributed by atoms with Crippen LogP contribution in [0.3, 0.4) is 0 Å². The van der Waals surface area contributed by atoms with Crippen LogP contribution in [0.4, 0.5) is 0 Å². The van der Waals surface area contributed by atoms with Crippen LogP contribution in [0.1, 0.15) is 26.7 Å². The van der Waals surface area contributed by atoms with Gasteiger partial charge in [-0.1, -0.05) is 0 Å². The average Bonchev–Trinajstić information content (AvgIpc) is 2.53. The molecule has 1 aliphatic rings. The Labute approximate surface area is 81.7 Å². The van der Waals surface area contributed by atoms with Crippen molar-refractivity contribution in [2.24, 2.45) is 0 Å². The van der Waals surface area contributed by atoms with Gasteiger partial charge in [-0.2, -0.15) is 0 Å². The third-order valence-electron chi connectivity index (χ3n) is 2.65. The van der Waals surface area contributed by atoms with Crippen molar-refractivity contribution in [3.8, 4) is 12.3 Å². The van der Waals surface area contributed by atoms with Crippen molar-refractivity contribution in [3.63, 3.8) is 0 Å². The molecule has 0 bridgehead atoms. The van der Waals surface area contributed by atoms with Gasteiger partial charge in [-0.25, -0.2) is 0 Å². The normalized spacial score (nSPS) is 23.7. The number of hydrogen-bond donors (Lipinski definition) is 1. The molecule has 74 valence electrons. The van der Waals surface area contributed by atoms with E-state index >= 15 is 0 Å². The summed E-state index contributed by atoms with van der Waals surface area (Å²) in [6.07, 6.45) is 7.30. The smallest absolute Gasteiger partial charge is 0.0212 e. The predicted molar refractivity (Wildman–Crippen MR) is 56.6 cm³/mol. The molecule has 1 atom stereocenters. The first-order valence-electron chi connectivity index (χ1n) is 5.15. The van der Waals surface area contributed by atoms with Crippen LogP contribution in [0.15, 0.2) is 0 Å². The Kier molecular flexibility index (Phi) is 4.27. The number of likely N-dealkylation sites (tertiary alicyclic amines) is 1. The van der Waals surface area contributed by atoms with E-state index in [1.165, 1.54) is 19.5 Å². The number of nitrogens with one attached hydrogen (secondary N) is 1. The lowest BCUT2D eigenvalue weighted by Gasteiger charge is -2.20. The summed E-state index contributed by atoms with van der Waals surface area (Å²) >= 11 is 0. The Morgan fingerprint density at radius 3 is 2.92 bits per heavy atom. The van der Waals surface area contributed by atoms with Gasteiger partial charge >= 0.3 is 0 Å². The van der Waals surface area contributed by atoms with Crippen molar-refractivity contribution in [1.82, 2.24) is 10.2 Å². The maximum absolute atomic E-state index is 5.19. The van der Waals surface area contributed by atoms with E-state index in [4.69, 9.17) is 6.42 Å². The van der Waals surface area contributed by atoms with Crippen LogP contribution in [0.2, 0.25) is 0 Å². The summed E-state index contributed by atoms with van der Waals surface area (Å²) in [5.41, 5.74) is 0. The van der Waals surface area contributed by atoms with Crippen LogP contribution in [-0.2, 0) is 0 Å². The van der Waals surface area contributed by atoms with Gasteiger partial charge < -0.3 is 5.32 Å². The molecular weight excluding hydrogens is 160 g/mol. The average molecular weight is 180 g/mol. The summed E-state index contributed by atoms with van der Waals surface area (Å²) < 4.78 is 0. The molecule has 13 heavy (non-hydrogen) atoms. The zero-order valence-electron chi connectivity index (χ0n) is 8.71. The third-order valence-corrected chi connectivity index (χ3v) is 2.65. The molecule has 0 amide bonds.